The van der Waals surface area contributed by atoms with Crippen LogP contribution in [0, 0.1) is 0 Å². The monoisotopic (exact) mass is 436 g/mol. The first kappa shape index (κ1) is 29.6. The van der Waals surface area contributed by atoms with Crippen LogP contribution >= 0.6 is 0 Å². The van der Waals surface area contributed by atoms with Gasteiger partial charge in [-0.1, -0.05) is 0 Å². The smallest absolute Gasteiger partial charge is 0.542 e. The predicted molar refractivity (Wildman–Crippen MR) is 85.1 cm³/mol. The minimum atomic E-state index is -1.81. The van der Waals surface area contributed by atoms with Crippen molar-refractivity contribution in [2.75, 3.05) is 26.2 Å². The largest absolute Gasteiger partial charge is 2.00 e. The SMILES string of the molecule is CCN(CC)C(=O)CC(=O)C(=O)[O-].CCN(CC)C(=O)CC(=O)C(=O)[O-].[Zn+2]. The van der Waals surface area contributed by atoms with Crippen LogP contribution in [0.25, 0.3) is 0 Å². The molecule has 11 heteroatoms. The third kappa shape index (κ3) is 12.8. The van der Waals surface area contributed by atoms with Gasteiger partial charge in [0.25, 0.3) is 0 Å². The molecule has 0 fully saturated rings. The van der Waals surface area contributed by atoms with Gasteiger partial charge < -0.3 is 29.6 Å². The second kappa shape index (κ2) is 16.0. The van der Waals surface area contributed by atoms with Crippen LogP contribution < -0.4 is 10.2 Å². The van der Waals surface area contributed by atoms with Gasteiger partial charge >= 0.3 is 19.5 Å². The summed E-state index contributed by atoms with van der Waals surface area (Å²) in [6.07, 6.45) is -1.21. The molecular weight excluding hydrogens is 414 g/mol. The average molecular weight is 438 g/mol. The fraction of sp³-hybridized carbons (Fsp3) is 0.625. The summed E-state index contributed by atoms with van der Waals surface area (Å²) < 4.78 is 0. The molecule has 2 amide bonds. The van der Waals surface area contributed by atoms with Crippen molar-refractivity contribution in [1.29, 1.82) is 0 Å². The van der Waals surface area contributed by atoms with Gasteiger partial charge in [0.15, 0.2) is 11.6 Å². The molecule has 0 saturated heterocycles. The number of carbonyl (C=O) groups excluding carboxylic acids is 6. The number of nitrogens with zero attached hydrogens (tertiary/aromatic N) is 2. The molecule has 0 heterocycles. The zero-order valence-corrected chi connectivity index (χ0v) is 19.1. The van der Waals surface area contributed by atoms with E-state index in [0.717, 1.165) is 0 Å². The molecule has 0 aliphatic rings. The van der Waals surface area contributed by atoms with E-state index in [1.165, 1.54) is 9.80 Å². The second-order valence-electron chi connectivity index (χ2n) is 4.91. The van der Waals surface area contributed by atoms with Crippen molar-refractivity contribution in [3.63, 3.8) is 0 Å². The normalized spacial score (nSPS) is 9.04. The fourth-order valence-corrected chi connectivity index (χ4v) is 1.80. The summed E-state index contributed by atoms with van der Waals surface area (Å²) in [5.74, 6) is -6.90. The Kier molecular flexibility index (Phi) is 17.6. The zero-order valence-electron chi connectivity index (χ0n) is 16.1. The molecule has 148 valence electrons. The molecule has 0 aliphatic carbocycles. The number of carboxylic acids is 2. The van der Waals surface area contributed by atoms with Gasteiger partial charge in [0.2, 0.25) is 11.8 Å². The summed E-state index contributed by atoms with van der Waals surface area (Å²) in [5, 5.41) is 20.0. The molecular formula is C16H24N2O8Zn. The van der Waals surface area contributed by atoms with Crippen molar-refractivity contribution in [3.8, 4) is 0 Å². The molecule has 0 rings (SSSR count). The Bertz CT molecular complexity index is 495. The zero-order chi connectivity index (χ0) is 20.9. The first-order valence-corrected chi connectivity index (χ1v) is 8.09. The number of hydrogen-bond acceptors (Lipinski definition) is 8. The van der Waals surface area contributed by atoms with Gasteiger partial charge in [-0.15, -0.1) is 0 Å². The first-order valence-electron chi connectivity index (χ1n) is 8.09. The van der Waals surface area contributed by atoms with E-state index in [2.05, 4.69) is 0 Å². The Morgan fingerprint density at radius 1 is 0.593 bits per heavy atom. The van der Waals surface area contributed by atoms with Gasteiger partial charge in [-0.25, -0.2) is 0 Å². The van der Waals surface area contributed by atoms with Gasteiger partial charge in [0.1, 0.15) is 11.9 Å². The Morgan fingerprint density at radius 3 is 0.963 bits per heavy atom. The summed E-state index contributed by atoms with van der Waals surface area (Å²) in [6.45, 7) is 8.89. The topological polar surface area (TPSA) is 155 Å². The third-order valence-electron chi connectivity index (χ3n) is 3.31. The molecule has 0 aromatic carbocycles. The molecule has 0 aliphatic heterocycles. The van der Waals surface area contributed by atoms with Crippen molar-refractivity contribution in [2.45, 2.75) is 40.5 Å². The van der Waals surface area contributed by atoms with E-state index in [0.29, 0.717) is 26.2 Å². The van der Waals surface area contributed by atoms with Gasteiger partial charge in [0.05, 0.1) is 12.8 Å². The number of carbonyl (C=O) groups is 6. The van der Waals surface area contributed by atoms with Gasteiger partial charge in [0, 0.05) is 26.2 Å². The molecule has 10 nitrogen and oxygen atoms in total. The molecule has 0 N–H and O–H groups in total. The summed E-state index contributed by atoms with van der Waals surface area (Å²) in [4.78, 5) is 66.2. The van der Waals surface area contributed by atoms with Gasteiger partial charge in [-0.05, 0) is 27.7 Å². The van der Waals surface area contributed by atoms with E-state index in [4.69, 9.17) is 0 Å². The van der Waals surface area contributed by atoms with E-state index in [1.807, 2.05) is 0 Å². The van der Waals surface area contributed by atoms with E-state index < -0.39 is 48.2 Å². The molecule has 0 aromatic heterocycles. The predicted octanol–water partition coefficient (Wildman–Crippen LogP) is -2.87. The van der Waals surface area contributed by atoms with E-state index in [-0.39, 0.29) is 19.5 Å². The molecule has 0 aromatic rings. The summed E-state index contributed by atoms with van der Waals surface area (Å²) >= 11 is 0. The van der Waals surface area contributed by atoms with Crippen molar-refractivity contribution < 1.29 is 58.5 Å². The first-order chi connectivity index (χ1) is 12.0. The van der Waals surface area contributed by atoms with Gasteiger partial charge in [-0.3, -0.25) is 19.2 Å². The molecule has 27 heavy (non-hydrogen) atoms. The van der Waals surface area contributed by atoms with Crippen LogP contribution in [-0.2, 0) is 48.2 Å². The Labute approximate surface area is 170 Å². The van der Waals surface area contributed by atoms with E-state index in [9.17, 15) is 39.0 Å². The van der Waals surface area contributed by atoms with E-state index in [1.54, 1.807) is 27.7 Å². The van der Waals surface area contributed by atoms with Crippen LogP contribution in [0.5, 0.6) is 0 Å². The van der Waals surface area contributed by atoms with Crippen LogP contribution in [0.3, 0.4) is 0 Å². The quantitative estimate of drug-likeness (QED) is 0.200. The molecule has 0 unspecified atom stereocenters. The van der Waals surface area contributed by atoms with Crippen LogP contribution in [0.1, 0.15) is 40.5 Å². The Morgan fingerprint density at radius 2 is 0.815 bits per heavy atom. The minimum Gasteiger partial charge on any atom is -0.542 e. The van der Waals surface area contributed by atoms with Crippen LogP contribution in [-0.4, -0.2) is 71.3 Å². The van der Waals surface area contributed by atoms with Crippen molar-refractivity contribution in [2.24, 2.45) is 0 Å². The number of ketones is 2. The van der Waals surface area contributed by atoms with Crippen molar-refractivity contribution >= 4 is 35.3 Å². The van der Waals surface area contributed by atoms with Gasteiger partial charge in [-0.2, -0.15) is 0 Å². The van der Waals surface area contributed by atoms with Crippen molar-refractivity contribution in [3.05, 3.63) is 0 Å². The van der Waals surface area contributed by atoms with Crippen LogP contribution in [0.15, 0.2) is 0 Å². The van der Waals surface area contributed by atoms with E-state index >= 15 is 0 Å². The Balaban J connectivity index is -0.000000411. The third-order valence-corrected chi connectivity index (χ3v) is 3.31. The summed E-state index contributed by atoms with van der Waals surface area (Å²) in [6, 6.07) is 0. The maximum atomic E-state index is 11.1. The number of aliphatic carboxylic acids is 2. The standard InChI is InChI=1S/2C8H13NO4.Zn/c2*1-3-9(4-2)7(11)5-6(10)8(12)13;/h2*3-5H2,1-2H3,(H,12,13);/q;;+2/p-2. The Hall–Kier alpha value is -2.16. The summed E-state index contributed by atoms with van der Waals surface area (Å²) in [5.41, 5.74) is 0. The number of carboxylic acid groups (broad SMARTS) is 2. The molecule has 0 atom stereocenters. The minimum absolute atomic E-state index is 0. The number of hydrogen-bond donors (Lipinski definition) is 0. The van der Waals surface area contributed by atoms with Crippen molar-refractivity contribution in [1.82, 2.24) is 9.80 Å². The average Bonchev–Trinajstić information content (AvgIpc) is 2.57. The maximum Gasteiger partial charge on any atom is 2.00 e. The second-order valence-corrected chi connectivity index (χ2v) is 4.91. The van der Waals surface area contributed by atoms with Crippen LogP contribution in [0.2, 0.25) is 0 Å². The number of amides is 2. The number of rotatable bonds is 10. The molecule has 0 radical (unpaired) electrons. The number of Topliss-reactive ketones (excluding diaryl/α,β-unsaturated/α-hetero) is 2. The maximum absolute atomic E-state index is 11.1. The molecule has 0 spiro atoms. The summed E-state index contributed by atoms with van der Waals surface area (Å²) in [7, 11) is 0. The van der Waals surface area contributed by atoms with Crippen LogP contribution in [0.4, 0.5) is 0 Å². The molecule has 0 saturated carbocycles. The fourth-order valence-electron chi connectivity index (χ4n) is 1.80. The molecule has 0 bridgehead atoms.